The minimum absolute atomic E-state index is 0.0182. The number of rotatable bonds is 10. The van der Waals surface area contributed by atoms with Crippen LogP contribution in [-0.4, -0.2) is 46.7 Å². The van der Waals surface area contributed by atoms with E-state index in [0.29, 0.717) is 30.1 Å². The smallest absolute Gasteiger partial charge is 0.417 e. The molecule has 0 spiro atoms. The predicted molar refractivity (Wildman–Crippen MR) is 150 cm³/mol. The van der Waals surface area contributed by atoms with E-state index in [0.717, 1.165) is 30.0 Å². The van der Waals surface area contributed by atoms with Crippen molar-refractivity contribution >= 4 is 15.8 Å². The topological polar surface area (TPSA) is 88.1 Å². The minimum atomic E-state index is -4.81. The van der Waals surface area contributed by atoms with Gasteiger partial charge in [-0.2, -0.15) is 13.2 Å². The Labute approximate surface area is 250 Å². The Morgan fingerprint density at radius 1 is 1.05 bits per heavy atom. The van der Waals surface area contributed by atoms with Crippen molar-refractivity contribution in [2.75, 3.05) is 32.3 Å². The summed E-state index contributed by atoms with van der Waals surface area (Å²) in [7, 11) is -2.00. The quantitative estimate of drug-likeness (QED) is 0.141. The largest absolute Gasteiger partial charge is 0.492 e. The molecule has 3 aromatic rings. The summed E-state index contributed by atoms with van der Waals surface area (Å²) < 4.78 is 117. The Morgan fingerprint density at radius 3 is 2.41 bits per heavy atom. The molecule has 44 heavy (non-hydrogen) atoms. The number of sulfone groups is 1. The molecular formula is C31H29F5O7S. The Kier molecular flexibility index (Phi) is 8.79. The molecule has 0 amide bonds. The number of carbonyl (C=O) groups excluding carboxylic acids is 1. The molecule has 5 rings (SSSR count). The van der Waals surface area contributed by atoms with E-state index in [1.807, 2.05) is 0 Å². The van der Waals surface area contributed by atoms with Crippen LogP contribution in [0.3, 0.4) is 0 Å². The van der Waals surface area contributed by atoms with Crippen LogP contribution in [0, 0.1) is 11.6 Å². The van der Waals surface area contributed by atoms with E-state index in [2.05, 4.69) is 0 Å². The zero-order valence-electron chi connectivity index (χ0n) is 23.8. The molecule has 0 unspecified atom stereocenters. The summed E-state index contributed by atoms with van der Waals surface area (Å²) in [4.78, 5) is 11.7. The van der Waals surface area contributed by atoms with Crippen molar-refractivity contribution in [3.63, 3.8) is 0 Å². The van der Waals surface area contributed by atoms with Gasteiger partial charge >= 0.3 is 12.1 Å². The van der Waals surface area contributed by atoms with Gasteiger partial charge in [0.1, 0.15) is 27.4 Å². The van der Waals surface area contributed by atoms with Crippen molar-refractivity contribution in [3.8, 4) is 28.4 Å². The number of ether oxygens (including phenoxy) is 4. The van der Waals surface area contributed by atoms with Crippen LogP contribution in [0.1, 0.15) is 53.5 Å². The second kappa shape index (κ2) is 12.3. The zero-order chi connectivity index (χ0) is 31.8. The van der Waals surface area contributed by atoms with E-state index in [1.165, 1.54) is 13.2 Å². The lowest BCUT2D eigenvalue weighted by Gasteiger charge is -2.20. The second-order valence-corrected chi connectivity index (χ2v) is 13.0. The van der Waals surface area contributed by atoms with Gasteiger partial charge in [-0.1, -0.05) is 12.1 Å². The summed E-state index contributed by atoms with van der Waals surface area (Å²) in [5.74, 6) is -3.06. The van der Waals surface area contributed by atoms with Crippen molar-refractivity contribution in [1.29, 1.82) is 0 Å². The SMILES string of the molecule is COC(=O)C[C@@H]1COc2cc(O[C@@H]3CCc4c3ccc(C(F)(F)F)c4-c3cc(F)c(OCCCS(C)(=O)=O)c(F)c3)ccc21. The summed E-state index contributed by atoms with van der Waals surface area (Å²) in [6.07, 6.45) is -3.82. The number of methoxy groups -OCH3 is 1. The summed E-state index contributed by atoms with van der Waals surface area (Å²) >= 11 is 0. The fourth-order valence-electron chi connectivity index (χ4n) is 5.64. The van der Waals surface area contributed by atoms with E-state index in [-0.39, 0.29) is 60.2 Å². The Morgan fingerprint density at radius 2 is 1.75 bits per heavy atom. The van der Waals surface area contributed by atoms with Crippen LogP contribution in [-0.2, 0) is 32.0 Å². The molecule has 1 heterocycles. The van der Waals surface area contributed by atoms with Crippen LogP contribution in [0.2, 0.25) is 0 Å². The van der Waals surface area contributed by atoms with E-state index in [1.54, 1.807) is 18.2 Å². The molecule has 236 valence electrons. The molecule has 2 atom stereocenters. The summed E-state index contributed by atoms with van der Waals surface area (Å²) in [6, 6.07) is 8.91. The second-order valence-electron chi connectivity index (χ2n) is 10.8. The lowest BCUT2D eigenvalue weighted by Crippen LogP contribution is -2.11. The van der Waals surface area contributed by atoms with Crippen LogP contribution in [0.25, 0.3) is 11.1 Å². The Balaban J connectivity index is 1.42. The lowest BCUT2D eigenvalue weighted by molar-refractivity contribution is -0.141. The van der Waals surface area contributed by atoms with Gasteiger partial charge in [0.2, 0.25) is 0 Å². The fourth-order valence-corrected chi connectivity index (χ4v) is 6.28. The minimum Gasteiger partial charge on any atom is -0.492 e. The van der Waals surface area contributed by atoms with Crippen LogP contribution in [0.15, 0.2) is 42.5 Å². The molecule has 1 aliphatic carbocycles. The maximum atomic E-state index is 15.0. The number of halogens is 5. The first kappa shape index (κ1) is 31.6. The van der Waals surface area contributed by atoms with Gasteiger partial charge in [-0.15, -0.1) is 0 Å². The monoisotopic (exact) mass is 640 g/mol. The highest BCUT2D eigenvalue weighted by atomic mass is 32.2. The standard InChI is InChI=1S/C31H29F5O7S/c1-40-28(37)14-18-16-42-27-15-19(4-5-20(18)27)43-26-9-7-22-21(26)6-8-23(31(34,35)36)29(22)17-12-24(32)30(25(33)13-17)41-10-3-11-44(2,38)39/h4-6,8,12-13,15,18,26H,3,7,9-11,14,16H2,1-2H3/t18-,26-/m1/s1. The van der Waals surface area contributed by atoms with E-state index < -0.39 is 45.1 Å². The summed E-state index contributed by atoms with van der Waals surface area (Å²) in [6.45, 7) is -0.00515. The lowest BCUT2D eigenvalue weighted by atomic mass is 9.91. The van der Waals surface area contributed by atoms with Crippen molar-refractivity contribution in [2.24, 2.45) is 0 Å². The molecule has 0 aromatic heterocycles. The summed E-state index contributed by atoms with van der Waals surface area (Å²) in [5.41, 5.74) is -0.152. The zero-order valence-corrected chi connectivity index (χ0v) is 24.6. The highest BCUT2D eigenvalue weighted by molar-refractivity contribution is 7.90. The van der Waals surface area contributed by atoms with Gasteiger partial charge in [0.15, 0.2) is 17.4 Å². The van der Waals surface area contributed by atoms with Crippen molar-refractivity contribution < 1.29 is 54.1 Å². The molecule has 0 saturated heterocycles. The molecule has 0 fully saturated rings. The third kappa shape index (κ3) is 6.77. The maximum Gasteiger partial charge on any atom is 0.417 e. The van der Waals surface area contributed by atoms with Crippen LogP contribution in [0.4, 0.5) is 22.0 Å². The highest BCUT2D eigenvalue weighted by Gasteiger charge is 2.39. The molecule has 0 N–H and O–H groups in total. The maximum absolute atomic E-state index is 15.0. The van der Waals surface area contributed by atoms with Gasteiger partial charge in [0.25, 0.3) is 0 Å². The normalized spacial score (nSPS) is 17.5. The number of alkyl halides is 3. The average molecular weight is 641 g/mol. The molecule has 3 aromatic carbocycles. The predicted octanol–water partition coefficient (Wildman–Crippen LogP) is 6.57. The Bertz CT molecular complexity index is 1660. The number of hydrogen-bond donors (Lipinski definition) is 0. The van der Waals surface area contributed by atoms with E-state index >= 15 is 8.78 Å². The number of hydrogen-bond acceptors (Lipinski definition) is 7. The third-order valence-electron chi connectivity index (χ3n) is 7.63. The van der Waals surface area contributed by atoms with Crippen molar-refractivity contribution in [2.45, 2.75) is 43.9 Å². The van der Waals surface area contributed by atoms with Gasteiger partial charge in [0, 0.05) is 23.8 Å². The van der Waals surface area contributed by atoms with E-state index in [9.17, 15) is 26.4 Å². The number of esters is 1. The van der Waals surface area contributed by atoms with Crippen LogP contribution in [0.5, 0.6) is 17.2 Å². The van der Waals surface area contributed by atoms with Crippen molar-refractivity contribution in [3.05, 3.63) is 76.4 Å². The number of benzene rings is 3. The van der Waals surface area contributed by atoms with Gasteiger partial charge < -0.3 is 18.9 Å². The molecule has 2 aliphatic rings. The molecule has 7 nitrogen and oxygen atoms in total. The first-order chi connectivity index (χ1) is 20.7. The summed E-state index contributed by atoms with van der Waals surface area (Å²) in [5, 5.41) is 0. The Hall–Kier alpha value is -3.87. The van der Waals surface area contributed by atoms with Crippen LogP contribution < -0.4 is 14.2 Å². The first-order valence-corrected chi connectivity index (χ1v) is 15.8. The van der Waals surface area contributed by atoms with Gasteiger partial charge in [-0.3, -0.25) is 4.79 Å². The number of fused-ring (bicyclic) bond motifs is 2. The molecule has 1 aliphatic heterocycles. The third-order valence-corrected chi connectivity index (χ3v) is 8.66. The average Bonchev–Trinajstić information content (AvgIpc) is 3.54. The number of carbonyl (C=O) groups is 1. The van der Waals surface area contributed by atoms with E-state index in [4.69, 9.17) is 18.9 Å². The first-order valence-electron chi connectivity index (χ1n) is 13.8. The fraction of sp³-hybridized carbons (Fsp3) is 0.387. The van der Waals surface area contributed by atoms with Gasteiger partial charge in [-0.05, 0) is 65.8 Å². The molecule has 13 heteroatoms. The highest BCUT2D eigenvalue weighted by Crippen LogP contribution is 2.47. The van der Waals surface area contributed by atoms with Crippen LogP contribution >= 0.6 is 0 Å². The molecule has 0 bridgehead atoms. The van der Waals surface area contributed by atoms with Gasteiger partial charge in [0.05, 0.1) is 38.1 Å². The van der Waals surface area contributed by atoms with Gasteiger partial charge in [-0.25, -0.2) is 17.2 Å². The molecule has 0 radical (unpaired) electrons. The van der Waals surface area contributed by atoms with Crippen molar-refractivity contribution in [1.82, 2.24) is 0 Å². The molecular weight excluding hydrogens is 611 g/mol. The molecule has 0 saturated carbocycles.